The predicted molar refractivity (Wildman–Crippen MR) is 153 cm³/mol. The number of amides is 1. The number of carbonyl (C=O) groups excluding carboxylic acids is 1. The molecule has 1 aliphatic heterocycles. The first-order valence-electron chi connectivity index (χ1n) is 12.3. The number of nitrogens with two attached hydrogens (primary N) is 1. The van der Waals surface area contributed by atoms with Crippen molar-refractivity contribution in [2.24, 2.45) is 5.73 Å². The summed E-state index contributed by atoms with van der Waals surface area (Å²) in [7, 11) is -5.06. The molecule has 2 nitrogen and oxygen atoms in total. The van der Waals surface area contributed by atoms with Crippen molar-refractivity contribution < 1.29 is 4.79 Å². The van der Waals surface area contributed by atoms with Gasteiger partial charge in [-0.1, -0.05) is 99.8 Å². The Morgan fingerprint density at radius 3 is 2.09 bits per heavy atom. The fraction of sp³-hybridized carbons (Fsp3) is 0.464. The summed E-state index contributed by atoms with van der Waals surface area (Å²) in [6.45, 7) is 26.9. The number of rotatable bonds is 2. The molecule has 0 unspecified atom stereocenters. The van der Waals surface area contributed by atoms with E-state index in [0.29, 0.717) is 0 Å². The Bertz CT molecular complexity index is 1240. The van der Waals surface area contributed by atoms with E-state index in [0.717, 1.165) is 12.0 Å². The van der Waals surface area contributed by atoms with Gasteiger partial charge in [0, 0.05) is 12.7 Å². The third kappa shape index (κ3) is 3.26. The molecular weight excluding hydrogens is 451 g/mol. The van der Waals surface area contributed by atoms with Crippen molar-refractivity contribution in [1.29, 1.82) is 0 Å². The monoisotopic (exact) mass is 491 g/mol. The van der Waals surface area contributed by atoms with Crippen LogP contribution in [0.25, 0.3) is 17.2 Å². The molecule has 0 saturated carbocycles. The van der Waals surface area contributed by atoms with E-state index >= 15 is 0 Å². The van der Waals surface area contributed by atoms with E-state index in [-0.39, 0.29) is 11.3 Å². The molecule has 1 aliphatic carbocycles. The zero-order valence-electron chi connectivity index (χ0n) is 22.5. The SMILES string of the molecule is CC1=Cc2cc(C(C)(C)C)cc(-c3c(C(N)=O)cc4c(C)c3[Si](C)(C)[Si](C)(C)[Si]4(C)C)c2C1. The smallest absolute Gasteiger partial charge is 0.249 e. The van der Waals surface area contributed by atoms with Gasteiger partial charge in [-0.15, -0.1) is 0 Å². The van der Waals surface area contributed by atoms with E-state index in [2.05, 4.69) is 98.2 Å². The van der Waals surface area contributed by atoms with Gasteiger partial charge < -0.3 is 5.73 Å². The van der Waals surface area contributed by atoms with E-state index in [1.165, 1.54) is 49.3 Å². The lowest BCUT2D eigenvalue weighted by atomic mass is 9.81. The van der Waals surface area contributed by atoms with Gasteiger partial charge in [0.15, 0.2) is 0 Å². The molecule has 0 atom stereocenters. The van der Waals surface area contributed by atoms with Gasteiger partial charge in [0.05, 0.1) is 15.2 Å². The van der Waals surface area contributed by atoms with Gasteiger partial charge in [-0.3, -0.25) is 4.79 Å². The van der Waals surface area contributed by atoms with Crippen LogP contribution in [0.5, 0.6) is 0 Å². The molecule has 0 aromatic heterocycles. The van der Waals surface area contributed by atoms with Crippen LogP contribution in [0.1, 0.15) is 60.3 Å². The lowest BCUT2D eigenvalue weighted by Crippen LogP contribution is -2.83. The maximum Gasteiger partial charge on any atom is 0.249 e. The average molecular weight is 492 g/mol. The van der Waals surface area contributed by atoms with Gasteiger partial charge in [0.25, 0.3) is 0 Å². The number of hydrogen-bond donors (Lipinski definition) is 1. The Kier molecular flexibility index (Phi) is 5.30. The summed E-state index contributed by atoms with van der Waals surface area (Å²) < 4.78 is 0. The summed E-state index contributed by atoms with van der Waals surface area (Å²) in [5, 5.41) is 3.01. The maximum atomic E-state index is 13.0. The van der Waals surface area contributed by atoms with Crippen molar-refractivity contribution in [3.8, 4) is 11.1 Å². The Hall–Kier alpha value is -1.70. The number of carbonyl (C=O) groups is 1. The van der Waals surface area contributed by atoms with Crippen LogP contribution >= 0.6 is 0 Å². The topological polar surface area (TPSA) is 43.1 Å². The molecule has 2 aliphatic rings. The zero-order valence-corrected chi connectivity index (χ0v) is 25.5. The lowest BCUT2D eigenvalue weighted by molar-refractivity contribution is 0.100. The molecule has 0 radical (unpaired) electrons. The van der Waals surface area contributed by atoms with Crippen LogP contribution in [0.4, 0.5) is 0 Å². The van der Waals surface area contributed by atoms with Gasteiger partial charge in [0.2, 0.25) is 5.91 Å². The summed E-state index contributed by atoms with van der Waals surface area (Å²) in [5.74, 6) is -0.277. The molecule has 176 valence electrons. The standard InChI is InChI=1S/C28H41NOSi3/c1-17-12-19-14-20(28(3,4)5)15-22(21(19)13-17)25-23(27(29)30)16-24-18(2)26(25)32(8,9)33(10,11)31(24,6)7/h12,14-16H,13H2,1-11H3,(H2,29,30). The average Bonchev–Trinajstić information content (AvgIpc) is 3.04. The number of hydrogen-bond acceptors (Lipinski definition) is 1. The zero-order chi connectivity index (χ0) is 24.9. The number of primary amides is 1. The summed E-state index contributed by atoms with van der Waals surface area (Å²) in [6.07, 6.45) is 3.29. The van der Waals surface area contributed by atoms with Crippen LogP contribution in [0, 0.1) is 6.92 Å². The largest absolute Gasteiger partial charge is 0.366 e. The highest BCUT2D eigenvalue weighted by Crippen LogP contribution is 2.43. The van der Waals surface area contributed by atoms with Crippen molar-refractivity contribution in [2.75, 3.05) is 0 Å². The second-order valence-corrected chi connectivity index (χ2v) is 40.4. The molecular formula is C28H41NOSi3. The van der Waals surface area contributed by atoms with E-state index in [9.17, 15) is 4.79 Å². The van der Waals surface area contributed by atoms with Gasteiger partial charge in [-0.05, 0) is 59.6 Å². The second-order valence-electron chi connectivity index (χ2n) is 13.1. The van der Waals surface area contributed by atoms with Crippen molar-refractivity contribution >= 4 is 44.6 Å². The van der Waals surface area contributed by atoms with Crippen LogP contribution in [0.2, 0.25) is 39.3 Å². The normalized spacial score (nSPS) is 19.8. The molecule has 33 heavy (non-hydrogen) atoms. The van der Waals surface area contributed by atoms with Crippen molar-refractivity contribution in [3.05, 3.63) is 51.6 Å². The molecule has 2 aromatic carbocycles. The Morgan fingerprint density at radius 2 is 1.55 bits per heavy atom. The quantitative estimate of drug-likeness (QED) is 0.536. The van der Waals surface area contributed by atoms with E-state index in [1.54, 1.807) is 0 Å². The first-order chi connectivity index (χ1) is 14.9. The van der Waals surface area contributed by atoms with E-state index in [1.807, 2.05) is 0 Å². The summed E-state index contributed by atoms with van der Waals surface area (Å²) in [5.41, 5.74) is 16.2. The van der Waals surface area contributed by atoms with Gasteiger partial charge in [-0.2, -0.15) is 0 Å². The summed E-state index contributed by atoms with van der Waals surface area (Å²) >= 11 is 0. The molecule has 2 N–H and O–H groups in total. The summed E-state index contributed by atoms with van der Waals surface area (Å²) in [4.78, 5) is 13.0. The van der Waals surface area contributed by atoms with Crippen LogP contribution < -0.4 is 16.1 Å². The molecule has 0 fully saturated rings. The van der Waals surface area contributed by atoms with E-state index < -0.39 is 22.3 Å². The van der Waals surface area contributed by atoms with Crippen LogP contribution in [0.15, 0.2) is 23.8 Å². The molecule has 1 amide bonds. The van der Waals surface area contributed by atoms with Crippen molar-refractivity contribution in [2.45, 2.75) is 85.7 Å². The summed E-state index contributed by atoms with van der Waals surface area (Å²) in [6, 6.07) is 6.98. The first-order valence-corrected chi connectivity index (χ1v) is 23.3. The molecule has 0 saturated heterocycles. The van der Waals surface area contributed by atoms with Gasteiger partial charge in [0.1, 0.15) is 0 Å². The number of allylic oxidation sites excluding steroid dienone is 1. The third-order valence-electron chi connectivity index (χ3n) is 9.55. The maximum absolute atomic E-state index is 13.0. The molecule has 5 heteroatoms. The minimum atomic E-state index is -1.83. The van der Waals surface area contributed by atoms with Crippen LogP contribution in [-0.2, 0) is 11.8 Å². The Labute approximate surface area is 203 Å². The Morgan fingerprint density at radius 1 is 0.939 bits per heavy atom. The molecule has 2 aromatic rings. The highest BCUT2D eigenvalue weighted by atomic mass is 29.6. The number of benzene rings is 2. The third-order valence-corrected chi connectivity index (χ3v) is 51.1. The van der Waals surface area contributed by atoms with E-state index in [4.69, 9.17) is 5.73 Å². The highest BCUT2D eigenvalue weighted by molar-refractivity contribution is 7.74. The number of fused-ring (bicyclic) bond motifs is 3. The fourth-order valence-corrected chi connectivity index (χ4v) is 39.6. The van der Waals surface area contributed by atoms with Crippen molar-refractivity contribution in [3.63, 3.8) is 0 Å². The molecule has 2 bridgehead atoms. The minimum absolute atomic E-state index is 0.0308. The van der Waals surface area contributed by atoms with Crippen molar-refractivity contribution in [1.82, 2.24) is 0 Å². The minimum Gasteiger partial charge on any atom is -0.366 e. The second kappa shape index (κ2) is 7.15. The fourth-order valence-electron chi connectivity index (χ4n) is 6.39. The lowest BCUT2D eigenvalue weighted by Gasteiger charge is -2.55. The van der Waals surface area contributed by atoms with Crippen LogP contribution in [0.3, 0.4) is 0 Å². The molecule has 0 spiro atoms. The molecule has 4 rings (SSSR count). The Balaban J connectivity index is 2.21. The van der Waals surface area contributed by atoms with Crippen LogP contribution in [-0.4, -0.2) is 28.2 Å². The first kappa shape index (κ1) is 24.4. The van der Waals surface area contributed by atoms with Gasteiger partial charge in [-0.25, -0.2) is 0 Å². The molecule has 1 heterocycles. The highest BCUT2D eigenvalue weighted by Gasteiger charge is 2.59. The predicted octanol–water partition coefficient (Wildman–Crippen LogP) is 5.73. The van der Waals surface area contributed by atoms with Gasteiger partial charge >= 0.3 is 0 Å².